The van der Waals surface area contributed by atoms with E-state index in [2.05, 4.69) is 11.8 Å². The van der Waals surface area contributed by atoms with Crippen molar-refractivity contribution in [3.8, 4) is 11.5 Å². The molecule has 3 heterocycles. The van der Waals surface area contributed by atoms with Crippen LogP contribution in [-0.4, -0.2) is 147 Å². The molecule has 0 spiro atoms. The minimum absolute atomic E-state index is 0.0339. The molecule has 1 aromatic carbocycles. The fourth-order valence-corrected chi connectivity index (χ4v) is 8.38. The highest BCUT2D eigenvalue weighted by molar-refractivity contribution is 5.78. The van der Waals surface area contributed by atoms with Gasteiger partial charge in [-0.15, -0.1) is 0 Å². The summed E-state index contributed by atoms with van der Waals surface area (Å²) in [7, 11) is 2.10. The average molecular weight is 852 g/mol. The second kappa shape index (κ2) is 20.0. The third-order valence-corrected chi connectivity index (χ3v) is 10.6. The molecule has 0 amide bonds. The number of ether oxygens (including phenoxy) is 11. The first-order chi connectivity index (χ1) is 28.5. The molecule has 60 heavy (non-hydrogen) atoms. The van der Waals surface area contributed by atoms with Crippen molar-refractivity contribution in [1.29, 1.82) is 0 Å². The molecule has 5 rings (SSSR count). The Morgan fingerprint density at radius 3 is 1.75 bits per heavy atom. The minimum Gasteiger partial charge on any atom is -0.467 e. The number of aliphatic hydroxyl groups excluding tert-OH is 1. The highest BCUT2D eigenvalue weighted by atomic mass is 16.8. The van der Waals surface area contributed by atoms with Gasteiger partial charge in [0.05, 0.1) is 14.2 Å². The predicted octanol–water partition coefficient (Wildman–Crippen LogP) is 0.849. The van der Waals surface area contributed by atoms with Gasteiger partial charge in [0.25, 0.3) is 0 Å². The normalized spacial score (nSPS) is 31.1. The van der Waals surface area contributed by atoms with Crippen LogP contribution in [0.1, 0.15) is 71.9 Å². The Hall–Kier alpha value is -5.05. The summed E-state index contributed by atoms with van der Waals surface area (Å²) in [5.41, 5.74) is 1.45. The first kappa shape index (κ1) is 46.0. The van der Waals surface area contributed by atoms with Crippen molar-refractivity contribution in [3.05, 3.63) is 23.3 Å². The van der Waals surface area contributed by atoms with Gasteiger partial charge in [0.2, 0.25) is 18.7 Å². The summed E-state index contributed by atoms with van der Waals surface area (Å²) < 4.78 is 62.0. The molecule has 20 heteroatoms. The lowest BCUT2D eigenvalue weighted by atomic mass is 9.75. The van der Waals surface area contributed by atoms with Gasteiger partial charge in [0.1, 0.15) is 0 Å². The van der Waals surface area contributed by atoms with E-state index in [1.165, 1.54) is 6.07 Å². The molecule has 1 aliphatic carbocycles. The zero-order valence-corrected chi connectivity index (χ0v) is 34.8. The summed E-state index contributed by atoms with van der Waals surface area (Å²) in [6.07, 6.45) is -13.6. The summed E-state index contributed by atoms with van der Waals surface area (Å²) in [5, 5.41) is 11.6. The number of nitrogens with zero attached hydrogens (tertiary/aromatic N) is 1. The fourth-order valence-electron chi connectivity index (χ4n) is 8.38. The van der Waals surface area contributed by atoms with Crippen LogP contribution in [0.25, 0.3) is 0 Å². The lowest BCUT2D eigenvalue weighted by Gasteiger charge is -2.46. The smallest absolute Gasteiger partial charge is 0.339 e. The molecule has 1 N–H and O–H groups in total. The van der Waals surface area contributed by atoms with Crippen molar-refractivity contribution in [2.24, 2.45) is 5.92 Å². The maximum Gasteiger partial charge on any atom is 0.339 e. The van der Waals surface area contributed by atoms with Crippen LogP contribution in [-0.2, 0) is 89.0 Å². The van der Waals surface area contributed by atoms with Gasteiger partial charge in [-0.25, -0.2) is 9.59 Å². The van der Waals surface area contributed by atoms with Crippen LogP contribution in [0.4, 0.5) is 0 Å². The molecule has 0 saturated carbocycles. The zero-order chi connectivity index (χ0) is 44.0. The molecular weight excluding hydrogens is 798 g/mol. The monoisotopic (exact) mass is 851 g/mol. The second-order valence-corrected chi connectivity index (χ2v) is 14.9. The number of hydrogen-bond donors (Lipinski definition) is 1. The number of methoxy groups -OCH3 is 2. The van der Waals surface area contributed by atoms with Crippen LogP contribution in [0.5, 0.6) is 11.5 Å². The van der Waals surface area contributed by atoms with E-state index < -0.39 is 103 Å². The van der Waals surface area contributed by atoms with E-state index in [4.69, 9.17) is 52.1 Å². The second-order valence-electron chi connectivity index (χ2n) is 14.9. The van der Waals surface area contributed by atoms with Gasteiger partial charge in [-0.3, -0.25) is 28.9 Å². The first-order valence-corrected chi connectivity index (χ1v) is 19.7. The van der Waals surface area contributed by atoms with E-state index in [1.807, 2.05) is 0 Å². The number of carbonyl (C=O) groups is 7. The predicted molar refractivity (Wildman–Crippen MR) is 199 cm³/mol. The Kier molecular flexibility index (Phi) is 15.3. The largest absolute Gasteiger partial charge is 0.467 e. The molecule has 3 fully saturated rings. The number of piperidine rings is 1. The number of rotatable bonds is 13. The van der Waals surface area contributed by atoms with Crippen LogP contribution < -0.4 is 9.47 Å². The van der Waals surface area contributed by atoms with Crippen molar-refractivity contribution in [1.82, 2.24) is 4.90 Å². The van der Waals surface area contributed by atoms with Crippen LogP contribution in [0, 0.1) is 5.92 Å². The van der Waals surface area contributed by atoms with Gasteiger partial charge in [0, 0.05) is 46.2 Å². The molecule has 1 aromatic rings. The zero-order valence-electron chi connectivity index (χ0n) is 34.8. The SMILES string of the molecule is CCCN1CCC[C@@H]2Cc3c(ccc(O[C@@H]4O[C@H](C(=O)OC)[C@@H](OC(C)=O)[C@H](OC(C)=O)[C@H]4O)c3O[C@@H]3O[C@H](C(=O)OC)[C@@H](OC(C)=O)[C@H](OC(C)=O)[C@H]3OC(C)=O)C[C@H]21. The van der Waals surface area contributed by atoms with Crippen molar-refractivity contribution in [3.63, 3.8) is 0 Å². The van der Waals surface area contributed by atoms with E-state index in [0.717, 1.165) is 86.8 Å². The van der Waals surface area contributed by atoms with Crippen LogP contribution in [0.15, 0.2) is 12.1 Å². The van der Waals surface area contributed by atoms with Crippen LogP contribution >= 0.6 is 0 Å². The van der Waals surface area contributed by atoms with Crippen molar-refractivity contribution in [2.45, 2.75) is 141 Å². The number of hydrogen-bond acceptors (Lipinski definition) is 20. The third-order valence-electron chi connectivity index (χ3n) is 10.6. The standard InChI is InChI=1S/C40H53NO19/c1-9-14-41-15-10-11-24-16-25-23(17-26(24)41)12-13-27(57-39-28(47)30(52-18(2)42)31(53-19(3)43)34(59-39)37(48)50-7)29(25)58-40-36(56-22(6)46)33(55-21(5)45)32(54-20(4)44)35(60-40)38(49)51-8/h12-13,24,26,28,30-36,39-40,47H,9-11,14-17H2,1-8H3/t24-,26-,28-,30-,31+,32+,33+,34+,35+,36-,39-,40-/m1/s1. The maximum atomic E-state index is 13.2. The highest BCUT2D eigenvalue weighted by Gasteiger charge is 2.57. The summed E-state index contributed by atoms with van der Waals surface area (Å²) in [4.78, 5) is 90.6. The minimum atomic E-state index is -1.89. The molecule has 3 saturated heterocycles. The molecule has 3 aliphatic heterocycles. The van der Waals surface area contributed by atoms with Crippen LogP contribution in [0.2, 0.25) is 0 Å². The summed E-state index contributed by atoms with van der Waals surface area (Å²) in [6.45, 7) is 9.22. The lowest BCUT2D eigenvalue weighted by Crippen LogP contribution is -2.64. The van der Waals surface area contributed by atoms with Crippen LogP contribution in [0.3, 0.4) is 0 Å². The van der Waals surface area contributed by atoms with Gasteiger partial charge < -0.3 is 57.2 Å². The number of aliphatic hydroxyl groups is 1. The maximum absolute atomic E-state index is 13.2. The van der Waals surface area contributed by atoms with E-state index in [1.54, 1.807) is 6.07 Å². The van der Waals surface area contributed by atoms with E-state index in [-0.39, 0.29) is 23.5 Å². The third kappa shape index (κ3) is 10.4. The van der Waals surface area contributed by atoms with E-state index >= 15 is 0 Å². The summed E-state index contributed by atoms with van der Waals surface area (Å²) in [5.74, 6) is -6.55. The van der Waals surface area contributed by atoms with Crippen molar-refractivity contribution in [2.75, 3.05) is 27.3 Å². The van der Waals surface area contributed by atoms with Gasteiger partial charge in [-0.1, -0.05) is 13.0 Å². The molecule has 0 unspecified atom stereocenters. The number of carbonyl (C=O) groups excluding carboxylic acids is 7. The number of likely N-dealkylation sites (tertiary alicyclic amines) is 1. The number of fused-ring (bicyclic) bond motifs is 2. The molecule has 12 atom stereocenters. The number of benzene rings is 1. The fraction of sp³-hybridized carbons (Fsp3) is 0.675. The first-order valence-electron chi connectivity index (χ1n) is 19.7. The average Bonchev–Trinajstić information content (AvgIpc) is 3.18. The quantitative estimate of drug-likeness (QED) is 0.214. The van der Waals surface area contributed by atoms with E-state index in [0.29, 0.717) is 18.4 Å². The van der Waals surface area contributed by atoms with Crippen molar-refractivity contribution < 1.29 is 90.8 Å². The Labute approximate surface area is 346 Å². The topological polar surface area (TPSA) is 244 Å². The molecule has 4 aliphatic rings. The number of esters is 7. The molecule has 0 bridgehead atoms. The summed E-state index contributed by atoms with van der Waals surface area (Å²) >= 11 is 0. The Morgan fingerprint density at radius 1 is 0.683 bits per heavy atom. The summed E-state index contributed by atoms with van der Waals surface area (Å²) in [6, 6.07) is 3.50. The lowest BCUT2D eigenvalue weighted by molar-refractivity contribution is -0.285. The molecule has 20 nitrogen and oxygen atoms in total. The Morgan fingerprint density at radius 2 is 1.20 bits per heavy atom. The molecule has 332 valence electrons. The van der Waals surface area contributed by atoms with Gasteiger partial charge in [-0.2, -0.15) is 0 Å². The Balaban J connectivity index is 1.65. The molecular formula is C40H53NO19. The Bertz CT molecular complexity index is 1780. The highest BCUT2D eigenvalue weighted by Crippen LogP contribution is 2.45. The van der Waals surface area contributed by atoms with Gasteiger partial charge in [0.15, 0.2) is 54.2 Å². The van der Waals surface area contributed by atoms with Crippen molar-refractivity contribution >= 4 is 41.8 Å². The molecule has 0 aromatic heterocycles. The van der Waals surface area contributed by atoms with Gasteiger partial charge in [-0.05, 0) is 62.7 Å². The van der Waals surface area contributed by atoms with E-state index in [9.17, 15) is 38.7 Å². The van der Waals surface area contributed by atoms with Gasteiger partial charge >= 0.3 is 41.8 Å². The molecule has 0 radical (unpaired) electrons.